The average molecular weight is 517 g/mol. The monoisotopic (exact) mass is 517 g/mol. The van der Waals surface area contributed by atoms with Crippen molar-refractivity contribution in [3.8, 4) is 0 Å². The van der Waals surface area contributed by atoms with Gasteiger partial charge in [0.2, 0.25) is 0 Å². The zero-order chi connectivity index (χ0) is 19.9. The highest BCUT2D eigenvalue weighted by atomic mass is 127. The van der Waals surface area contributed by atoms with Gasteiger partial charge in [-0.3, -0.25) is 4.90 Å². The molecule has 5 nitrogen and oxygen atoms in total. The number of H-pyrrole nitrogens is 1. The number of nitrogens with one attached hydrogen (secondary N) is 3. The highest BCUT2D eigenvalue weighted by Crippen LogP contribution is 2.16. The van der Waals surface area contributed by atoms with Crippen LogP contribution in [0.4, 0.5) is 0 Å². The summed E-state index contributed by atoms with van der Waals surface area (Å²) < 4.78 is 0. The number of aliphatic imine (C=N–C) groups is 1. The number of rotatable bonds is 6. The maximum Gasteiger partial charge on any atom is 0.191 e. The van der Waals surface area contributed by atoms with Crippen LogP contribution in [0.3, 0.4) is 0 Å². The summed E-state index contributed by atoms with van der Waals surface area (Å²) in [6.07, 6.45) is 2.28. The summed E-state index contributed by atoms with van der Waals surface area (Å²) in [6, 6.07) is 21.8. The third-order valence-corrected chi connectivity index (χ3v) is 5.51. The van der Waals surface area contributed by atoms with E-state index in [1.54, 1.807) is 0 Å². The van der Waals surface area contributed by atoms with Crippen molar-refractivity contribution in [3.05, 3.63) is 71.9 Å². The van der Waals surface area contributed by atoms with Gasteiger partial charge in [0.1, 0.15) is 0 Å². The summed E-state index contributed by atoms with van der Waals surface area (Å²) in [5.41, 5.74) is 3.70. The van der Waals surface area contributed by atoms with E-state index in [1.807, 2.05) is 0 Å². The van der Waals surface area contributed by atoms with E-state index in [0.717, 1.165) is 50.7 Å². The standard InChI is InChI=1S/C24H31N5.HI/c1-2-25-24(26-17-22-16-20-10-6-7-11-23(20)27-22)28-21-12-14-29(15-13-21)18-19-8-4-3-5-9-19;/h3-11,16,21,27H,2,12-15,17-18H2,1H3,(H2,25,26,28);1H. The number of benzene rings is 2. The molecule has 0 radical (unpaired) electrons. The van der Waals surface area contributed by atoms with Gasteiger partial charge in [-0.25, -0.2) is 4.99 Å². The van der Waals surface area contributed by atoms with Gasteiger partial charge < -0.3 is 15.6 Å². The smallest absolute Gasteiger partial charge is 0.191 e. The molecule has 3 aromatic rings. The van der Waals surface area contributed by atoms with Crippen molar-refractivity contribution < 1.29 is 0 Å². The lowest BCUT2D eigenvalue weighted by Gasteiger charge is -2.33. The summed E-state index contributed by atoms with van der Waals surface area (Å²) >= 11 is 0. The topological polar surface area (TPSA) is 55.5 Å². The van der Waals surface area contributed by atoms with Gasteiger partial charge in [-0.1, -0.05) is 48.5 Å². The number of para-hydroxylation sites is 1. The molecule has 0 spiro atoms. The Morgan fingerprint density at radius 2 is 1.80 bits per heavy atom. The molecule has 0 unspecified atom stereocenters. The van der Waals surface area contributed by atoms with Crippen LogP contribution in [0.25, 0.3) is 10.9 Å². The van der Waals surface area contributed by atoms with E-state index in [1.165, 1.54) is 16.5 Å². The molecule has 0 amide bonds. The molecule has 30 heavy (non-hydrogen) atoms. The summed E-state index contributed by atoms with van der Waals surface area (Å²) in [4.78, 5) is 10.8. The van der Waals surface area contributed by atoms with Crippen molar-refractivity contribution in [1.82, 2.24) is 20.5 Å². The molecule has 0 aliphatic carbocycles. The molecule has 3 N–H and O–H groups in total. The second-order valence-corrected chi connectivity index (χ2v) is 7.76. The van der Waals surface area contributed by atoms with Gasteiger partial charge in [-0.15, -0.1) is 24.0 Å². The van der Waals surface area contributed by atoms with Gasteiger partial charge in [0.15, 0.2) is 5.96 Å². The molecule has 0 bridgehead atoms. The first kappa shape index (κ1) is 22.6. The van der Waals surface area contributed by atoms with E-state index in [-0.39, 0.29) is 24.0 Å². The molecule has 1 aliphatic rings. The minimum atomic E-state index is 0. The van der Waals surface area contributed by atoms with Crippen LogP contribution in [-0.2, 0) is 13.1 Å². The van der Waals surface area contributed by atoms with Gasteiger partial charge in [0.05, 0.1) is 6.54 Å². The Labute approximate surface area is 196 Å². The van der Waals surface area contributed by atoms with Crippen LogP contribution in [0, 0.1) is 0 Å². The molecule has 1 fully saturated rings. The lowest BCUT2D eigenvalue weighted by atomic mass is 10.0. The van der Waals surface area contributed by atoms with Crippen LogP contribution in [0.2, 0.25) is 0 Å². The van der Waals surface area contributed by atoms with Crippen molar-refractivity contribution >= 4 is 40.8 Å². The zero-order valence-electron chi connectivity index (χ0n) is 17.6. The Morgan fingerprint density at radius 3 is 2.53 bits per heavy atom. The van der Waals surface area contributed by atoms with Gasteiger partial charge >= 0.3 is 0 Å². The van der Waals surface area contributed by atoms with Crippen molar-refractivity contribution in [2.24, 2.45) is 4.99 Å². The molecule has 1 saturated heterocycles. The second kappa shape index (κ2) is 11.4. The Bertz CT molecular complexity index is 896. The van der Waals surface area contributed by atoms with Crippen LogP contribution in [0.1, 0.15) is 31.0 Å². The Morgan fingerprint density at radius 1 is 1.07 bits per heavy atom. The van der Waals surface area contributed by atoms with E-state index in [2.05, 4.69) is 88.1 Å². The number of guanidine groups is 1. The van der Waals surface area contributed by atoms with Gasteiger partial charge in [0, 0.05) is 43.4 Å². The Kier molecular flexibility index (Phi) is 8.57. The van der Waals surface area contributed by atoms with Crippen molar-refractivity contribution in [2.45, 2.75) is 38.9 Å². The number of fused-ring (bicyclic) bond motifs is 1. The molecule has 2 aromatic carbocycles. The highest BCUT2D eigenvalue weighted by molar-refractivity contribution is 14.0. The van der Waals surface area contributed by atoms with Crippen molar-refractivity contribution in [1.29, 1.82) is 0 Å². The first-order valence-electron chi connectivity index (χ1n) is 10.7. The lowest BCUT2D eigenvalue weighted by Crippen LogP contribution is -2.48. The second-order valence-electron chi connectivity index (χ2n) is 7.76. The number of nitrogens with zero attached hydrogens (tertiary/aromatic N) is 2. The van der Waals surface area contributed by atoms with Gasteiger partial charge in [-0.2, -0.15) is 0 Å². The highest BCUT2D eigenvalue weighted by Gasteiger charge is 2.20. The first-order chi connectivity index (χ1) is 14.3. The zero-order valence-corrected chi connectivity index (χ0v) is 19.9. The molecule has 0 saturated carbocycles. The molecule has 160 valence electrons. The van der Waals surface area contributed by atoms with Crippen LogP contribution in [0.15, 0.2) is 65.7 Å². The third-order valence-electron chi connectivity index (χ3n) is 5.51. The van der Waals surface area contributed by atoms with Crippen molar-refractivity contribution in [2.75, 3.05) is 19.6 Å². The molecule has 2 heterocycles. The number of hydrogen-bond acceptors (Lipinski definition) is 2. The molecular weight excluding hydrogens is 485 g/mol. The predicted molar refractivity (Wildman–Crippen MR) is 136 cm³/mol. The fourth-order valence-electron chi connectivity index (χ4n) is 3.97. The van der Waals surface area contributed by atoms with E-state index >= 15 is 0 Å². The molecule has 1 aromatic heterocycles. The SMILES string of the molecule is CCNC(=NCc1cc2ccccc2[nH]1)NC1CCN(Cc2ccccc2)CC1.I. The van der Waals surface area contributed by atoms with Crippen LogP contribution in [0.5, 0.6) is 0 Å². The lowest BCUT2D eigenvalue weighted by molar-refractivity contribution is 0.198. The minimum absolute atomic E-state index is 0. The van der Waals surface area contributed by atoms with Gasteiger partial charge in [-0.05, 0) is 42.8 Å². The van der Waals surface area contributed by atoms with Crippen LogP contribution in [-0.4, -0.2) is 41.5 Å². The number of aromatic amines is 1. The Balaban J connectivity index is 0.00000256. The van der Waals surface area contributed by atoms with E-state index in [9.17, 15) is 0 Å². The molecule has 4 rings (SSSR count). The van der Waals surface area contributed by atoms with Crippen LogP contribution >= 0.6 is 24.0 Å². The summed E-state index contributed by atoms with van der Waals surface area (Å²) in [6.45, 7) is 6.91. The first-order valence-corrected chi connectivity index (χ1v) is 10.7. The summed E-state index contributed by atoms with van der Waals surface area (Å²) in [5, 5.41) is 8.28. The number of hydrogen-bond donors (Lipinski definition) is 3. The maximum atomic E-state index is 4.81. The number of aromatic nitrogens is 1. The number of halogens is 1. The fraction of sp³-hybridized carbons (Fsp3) is 0.375. The summed E-state index contributed by atoms with van der Waals surface area (Å²) in [5.74, 6) is 0.910. The number of piperidine rings is 1. The van der Waals surface area contributed by atoms with Crippen molar-refractivity contribution in [3.63, 3.8) is 0 Å². The molecule has 1 aliphatic heterocycles. The molecular formula is C24H32IN5. The van der Waals surface area contributed by atoms with Gasteiger partial charge in [0.25, 0.3) is 0 Å². The quantitative estimate of drug-likeness (QED) is 0.256. The van der Waals surface area contributed by atoms with E-state index in [0.29, 0.717) is 12.6 Å². The molecule has 6 heteroatoms. The molecule has 0 atom stereocenters. The maximum absolute atomic E-state index is 4.81. The van der Waals surface area contributed by atoms with E-state index < -0.39 is 0 Å². The summed E-state index contributed by atoms with van der Waals surface area (Å²) in [7, 11) is 0. The minimum Gasteiger partial charge on any atom is -0.357 e. The van der Waals surface area contributed by atoms with E-state index in [4.69, 9.17) is 4.99 Å². The van der Waals surface area contributed by atoms with Crippen LogP contribution < -0.4 is 10.6 Å². The fourth-order valence-corrected chi connectivity index (χ4v) is 3.97. The number of likely N-dealkylation sites (tertiary alicyclic amines) is 1. The third kappa shape index (κ3) is 6.22. The largest absolute Gasteiger partial charge is 0.357 e. The Hall–Kier alpha value is -2.06. The predicted octanol–water partition coefficient (Wildman–Crippen LogP) is 4.51. The average Bonchev–Trinajstić information content (AvgIpc) is 3.17. The normalized spacial score (nSPS) is 15.7.